The fourth-order valence-electron chi connectivity index (χ4n) is 2.22. The highest BCUT2D eigenvalue weighted by atomic mass is 32.1. The quantitative estimate of drug-likeness (QED) is 0.612. The predicted octanol–water partition coefficient (Wildman–Crippen LogP) is 5.32. The van der Waals surface area contributed by atoms with Crippen molar-refractivity contribution in [1.82, 2.24) is 4.98 Å². The second-order valence-corrected chi connectivity index (χ2v) is 5.99. The van der Waals surface area contributed by atoms with Crippen molar-refractivity contribution in [1.29, 1.82) is 5.26 Å². The Morgan fingerprint density at radius 1 is 1.22 bits per heavy atom. The van der Waals surface area contributed by atoms with Crippen LogP contribution >= 0.6 is 11.3 Å². The lowest BCUT2D eigenvalue weighted by atomic mass is 10.1. The monoisotopic (exact) mass is 320 g/mol. The number of aromatic nitrogens is 1. The highest BCUT2D eigenvalue weighted by Crippen LogP contribution is 2.27. The molecular formula is C19H13FN2S. The number of nitriles is 1. The summed E-state index contributed by atoms with van der Waals surface area (Å²) in [6.45, 7) is 2.01. The highest BCUT2D eigenvalue weighted by Gasteiger charge is 2.09. The molecule has 0 aliphatic heterocycles. The van der Waals surface area contributed by atoms with Crippen LogP contribution in [-0.2, 0) is 0 Å². The van der Waals surface area contributed by atoms with Crippen LogP contribution in [0.15, 0.2) is 53.9 Å². The van der Waals surface area contributed by atoms with Crippen LogP contribution in [0.3, 0.4) is 0 Å². The molecule has 0 radical (unpaired) electrons. The molecule has 2 nitrogen and oxygen atoms in total. The third kappa shape index (κ3) is 3.53. The minimum Gasteiger partial charge on any atom is -0.235 e. The predicted molar refractivity (Wildman–Crippen MR) is 92.2 cm³/mol. The fourth-order valence-corrected chi connectivity index (χ4v) is 3.01. The number of thiazole rings is 1. The van der Waals surface area contributed by atoms with E-state index in [1.54, 1.807) is 12.1 Å². The molecule has 1 aromatic heterocycles. The summed E-state index contributed by atoms with van der Waals surface area (Å²) in [6, 6.07) is 16.3. The Hall–Kier alpha value is -2.77. The average Bonchev–Trinajstić information content (AvgIpc) is 3.03. The Kier molecular flexibility index (Phi) is 4.31. The topological polar surface area (TPSA) is 36.7 Å². The fraction of sp³-hybridized carbons (Fsp3) is 0.0526. The van der Waals surface area contributed by atoms with E-state index in [-0.39, 0.29) is 5.82 Å². The Morgan fingerprint density at radius 3 is 2.70 bits per heavy atom. The van der Waals surface area contributed by atoms with Crippen LogP contribution in [0.25, 0.3) is 22.9 Å². The standard InChI is InChI=1S/C19H13FN2S/c1-13-3-2-4-14(9-13)10-16(11-21)19-22-18(12-23-19)15-5-7-17(20)8-6-15/h2-10,12H,1H3/b16-10-. The van der Waals surface area contributed by atoms with Crippen molar-refractivity contribution in [2.75, 3.05) is 0 Å². The van der Waals surface area contributed by atoms with E-state index in [0.717, 1.165) is 22.4 Å². The average molecular weight is 320 g/mol. The molecule has 4 heteroatoms. The summed E-state index contributed by atoms with van der Waals surface area (Å²) in [4.78, 5) is 4.51. The van der Waals surface area contributed by atoms with Crippen molar-refractivity contribution < 1.29 is 4.39 Å². The number of aryl methyl sites for hydroxylation is 1. The summed E-state index contributed by atoms with van der Waals surface area (Å²) in [5.74, 6) is -0.277. The van der Waals surface area contributed by atoms with Crippen molar-refractivity contribution in [2.45, 2.75) is 6.92 Å². The number of hydrogen-bond acceptors (Lipinski definition) is 3. The van der Waals surface area contributed by atoms with Crippen LogP contribution in [0.1, 0.15) is 16.1 Å². The molecule has 0 saturated heterocycles. The first-order valence-corrected chi connectivity index (χ1v) is 7.94. The van der Waals surface area contributed by atoms with Crippen LogP contribution in [0, 0.1) is 24.1 Å². The number of allylic oxidation sites excluding steroid dienone is 1. The summed E-state index contributed by atoms with van der Waals surface area (Å²) in [5.41, 5.74) is 4.22. The number of benzene rings is 2. The van der Waals surface area contributed by atoms with Gasteiger partial charge in [0.05, 0.1) is 11.3 Å². The number of rotatable bonds is 3. The van der Waals surface area contributed by atoms with Crippen molar-refractivity contribution in [3.05, 3.63) is 75.9 Å². The van der Waals surface area contributed by atoms with E-state index < -0.39 is 0 Å². The van der Waals surface area contributed by atoms with Gasteiger partial charge in [-0.15, -0.1) is 11.3 Å². The Bertz CT molecular complexity index is 902. The second-order valence-electron chi connectivity index (χ2n) is 5.13. The summed E-state index contributed by atoms with van der Waals surface area (Å²) in [5, 5.41) is 12.0. The van der Waals surface area contributed by atoms with Gasteiger partial charge in [0, 0.05) is 10.9 Å². The van der Waals surface area contributed by atoms with Gasteiger partial charge in [-0.1, -0.05) is 29.8 Å². The highest BCUT2D eigenvalue weighted by molar-refractivity contribution is 7.11. The summed E-state index contributed by atoms with van der Waals surface area (Å²) in [7, 11) is 0. The molecule has 0 saturated carbocycles. The van der Waals surface area contributed by atoms with Crippen LogP contribution < -0.4 is 0 Å². The largest absolute Gasteiger partial charge is 0.235 e. The maximum absolute atomic E-state index is 13.0. The van der Waals surface area contributed by atoms with E-state index in [0.29, 0.717) is 10.6 Å². The molecule has 0 fully saturated rings. The minimum atomic E-state index is -0.277. The number of halogens is 1. The van der Waals surface area contributed by atoms with Crippen molar-refractivity contribution in [3.8, 4) is 17.3 Å². The van der Waals surface area contributed by atoms with E-state index in [9.17, 15) is 9.65 Å². The van der Waals surface area contributed by atoms with Crippen molar-refractivity contribution in [2.24, 2.45) is 0 Å². The number of nitrogens with zero attached hydrogens (tertiary/aromatic N) is 2. The van der Waals surface area contributed by atoms with Gasteiger partial charge < -0.3 is 0 Å². The molecule has 2 aromatic carbocycles. The first-order valence-electron chi connectivity index (χ1n) is 7.06. The van der Waals surface area contributed by atoms with Gasteiger partial charge in [0.1, 0.15) is 16.9 Å². The van der Waals surface area contributed by atoms with E-state index >= 15 is 0 Å². The van der Waals surface area contributed by atoms with Crippen LogP contribution in [0.2, 0.25) is 0 Å². The van der Waals surface area contributed by atoms with E-state index in [2.05, 4.69) is 11.1 Å². The zero-order valence-corrected chi connectivity index (χ0v) is 13.3. The molecule has 3 rings (SSSR count). The van der Waals surface area contributed by atoms with Crippen molar-refractivity contribution >= 4 is 23.0 Å². The molecule has 0 unspecified atom stereocenters. The molecule has 23 heavy (non-hydrogen) atoms. The molecule has 112 valence electrons. The zero-order chi connectivity index (χ0) is 16.2. The molecule has 1 heterocycles. The van der Waals surface area contributed by atoms with Gasteiger partial charge in [-0.05, 0) is 42.8 Å². The SMILES string of the molecule is Cc1cccc(/C=C(/C#N)c2nc(-c3ccc(F)cc3)cs2)c1. The van der Waals surface area contributed by atoms with Gasteiger partial charge >= 0.3 is 0 Å². The number of hydrogen-bond donors (Lipinski definition) is 0. The van der Waals surface area contributed by atoms with Gasteiger partial charge in [0.25, 0.3) is 0 Å². The maximum Gasteiger partial charge on any atom is 0.134 e. The van der Waals surface area contributed by atoms with E-state index in [4.69, 9.17) is 0 Å². The van der Waals surface area contributed by atoms with E-state index in [1.165, 1.54) is 23.5 Å². The summed E-state index contributed by atoms with van der Waals surface area (Å²) in [6.07, 6.45) is 1.83. The Labute approximate surface area is 138 Å². The molecule has 0 aliphatic carbocycles. The van der Waals surface area contributed by atoms with Crippen LogP contribution in [0.5, 0.6) is 0 Å². The lowest BCUT2D eigenvalue weighted by molar-refractivity contribution is 0.628. The van der Waals surface area contributed by atoms with E-state index in [1.807, 2.05) is 42.6 Å². The molecular weight excluding hydrogens is 307 g/mol. The zero-order valence-electron chi connectivity index (χ0n) is 12.5. The molecule has 0 bridgehead atoms. The minimum absolute atomic E-state index is 0.277. The van der Waals surface area contributed by atoms with Crippen LogP contribution in [0.4, 0.5) is 4.39 Å². The van der Waals surface area contributed by atoms with Gasteiger partial charge in [-0.3, -0.25) is 0 Å². The molecule has 0 atom stereocenters. The molecule has 0 spiro atoms. The molecule has 0 aliphatic rings. The van der Waals surface area contributed by atoms with Gasteiger partial charge in [0.15, 0.2) is 0 Å². The maximum atomic E-state index is 13.0. The van der Waals surface area contributed by atoms with Gasteiger partial charge in [0.2, 0.25) is 0 Å². The molecule has 0 N–H and O–H groups in total. The normalized spacial score (nSPS) is 11.3. The first kappa shape index (κ1) is 15.1. The summed E-state index contributed by atoms with van der Waals surface area (Å²) >= 11 is 1.41. The third-order valence-electron chi connectivity index (χ3n) is 3.35. The first-order chi connectivity index (χ1) is 11.2. The smallest absolute Gasteiger partial charge is 0.134 e. The third-order valence-corrected chi connectivity index (χ3v) is 4.22. The van der Waals surface area contributed by atoms with Gasteiger partial charge in [-0.25, -0.2) is 9.37 Å². The van der Waals surface area contributed by atoms with Crippen LogP contribution in [-0.4, -0.2) is 4.98 Å². The second kappa shape index (κ2) is 6.55. The molecule has 3 aromatic rings. The summed E-state index contributed by atoms with van der Waals surface area (Å²) < 4.78 is 13.0. The van der Waals surface area contributed by atoms with Gasteiger partial charge in [-0.2, -0.15) is 5.26 Å². The lowest BCUT2D eigenvalue weighted by Gasteiger charge is -1.98. The molecule has 0 amide bonds. The Morgan fingerprint density at radius 2 is 2.00 bits per heavy atom. The Balaban J connectivity index is 1.94. The lowest BCUT2D eigenvalue weighted by Crippen LogP contribution is -1.84. The van der Waals surface area contributed by atoms with Crippen molar-refractivity contribution in [3.63, 3.8) is 0 Å².